The van der Waals surface area contributed by atoms with Gasteiger partial charge in [0.25, 0.3) is 0 Å². The number of hydrogen-bond donors (Lipinski definition) is 21. The molecule has 0 saturated carbocycles. The molecule has 0 spiro atoms. The summed E-state index contributed by atoms with van der Waals surface area (Å²) in [6, 6.07) is 28.8. The summed E-state index contributed by atoms with van der Waals surface area (Å²) in [4.78, 5) is 236. The number of amides is 12. The molecule has 121 heavy (non-hydrogen) atoms. The van der Waals surface area contributed by atoms with Crippen LogP contribution in [0.15, 0.2) is 146 Å². The zero-order valence-electron chi connectivity index (χ0n) is 65.1. The van der Waals surface area contributed by atoms with Gasteiger partial charge in [0.15, 0.2) is 5.96 Å². The van der Waals surface area contributed by atoms with Crippen LogP contribution in [0.25, 0.3) is 11.1 Å². The van der Waals surface area contributed by atoms with Gasteiger partial charge in [-0.25, -0.2) is 0 Å². The molecule has 1 fully saturated rings. The second-order valence-electron chi connectivity index (χ2n) is 27.4. The van der Waals surface area contributed by atoms with E-state index in [0.717, 1.165) is 39.0 Å². The zero-order chi connectivity index (χ0) is 88.5. The highest BCUT2D eigenvalue weighted by molar-refractivity contribution is 8.76. The quantitative estimate of drug-likeness (QED) is 0.00775. The summed E-state index contributed by atoms with van der Waals surface area (Å²) in [6.07, 6.45) is -8.49. The fourth-order valence-corrected chi connectivity index (χ4v) is 14.1. The molecule has 9 atom stereocenters. The molecule has 1 heterocycles. The van der Waals surface area contributed by atoms with Gasteiger partial charge in [-0.05, 0) is 76.6 Å². The molecule has 1 saturated heterocycles. The van der Waals surface area contributed by atoms with E-state index >= 15 is 0 Å². The van der Waals surface area contributed by atoms with Crippen molar-refractivity contribution in [3.05, 3.63) is 179 Å². The first-order valence-corrected chi connectivity index (χ1v) is 40.4. The van der Waals surface area contributed by atoms with Gasteiger partial charge in [-0.2, -0.15) is 0 Å². The first-order chi connectivity index (χ1) is 57.7. The summed E-state index contributed by atoms with van der Waals surface area (Å²) in [6.45, 7) is -0.951. The van der Waals surface area contributed by atoms with Crippen molar-refractivity contribution < 1.29 is 117 Å². The van der Waals surface area contributed by atoms with Crippen LogP contribution in [0, 0.1) is 5.41 Å². The number of rotatable bonds is 46. The minimum atomic E-state index is -2.36. The van der Waals surface area contributed by atoms with Crippen molar-refractivity contribution in [2.45, 2.75) is 151 Å². The van der Waals surface area contributed by atoms with E-state index in [1.807, 2.05) is 100 Å². The Hall–Kier alpha value is -13.7. The van der Waals surface area contributed by atoms with Gasteiger partial charge in [-0.3, -0.25) is 91.7 Å². The zero-order valence-corrected chi connectivity index (χ0v) is 66.8. The summed E-state index contributed by atoms with van der Waals surface area (Å²) < 4.78 is 0. The molecule has 646 valence electrons. The van der Waals surface area contributed by atoms with E-state index in [2.05, 4.69) is 84.2 Å². The van der Waals surface area contributed by atoms with Crippen molar-refractivity contribution in [3.63, 3.8) is 0 Å². The number of carboxylic acid groups (broad SMARTS) is 6. The highest BCUT2D eigenvalue weighted by Gasteiger charge is 2.38. The molecular formula is C80H95N15O24S2. The summed E-state index contributed by atoms with van der Waals surface area (Å²) in [5.41, 5.74) is 12.8. The Balaban J connectivity index is 1.03. The normalized spacial score (nSPS) is 16.0. The van der Waals surface area contributed by atoms with E-state index in [0.29, 0.717) is 11.3 Å². The number of carboxylic acids is 6. The third kappa shape index (κ3) is 34.8. The van der Waals surface area contributed by atoms with Crippen molar-refractivity contribution in [1.82, 2.24) is 69.1 Å². The molecule has 0 radical (unpaired) electrons. The predicted molar refractivity (Wildman–Crippen MR) is 437 cm³/mol. The Morgan fingerprint density at radius 3 is 1.20 bits per heavy atom. The molecule has 5 aromatic carbocycles. The minimum absolute atomic E-state index is 0.0266. The van der Waals surface area contributed by atoms with Crippen molar-refractivity contribution in [2.75, 3.05) is 31.1 Å². The molecule has 1 aliphatic heterocycles. The molecule has 5 aromatic rings. The van der Waals surface area contributed by atoms with Crippen LogP contribution in [0.3, 0.4) is 0 Å². The van der Waals surface area contributed by atoms with Crippen molar-refractivity contribution in [2.24, 2.45) is 5.73 Å². The van der Waals surface area contributed by atoms with Gasteiger partial charge in [-0.15, -0.1) is 0 Å². The maximum Gasteiger partial charge on any atom is 0.305 e. The lowest BCUT2D eigenvalue weighted by molar-refractivity contribution is -0.145. The van der Waals surface area contributed by atoms with Gasteiger partial charge in [-0.1, -0.05) is 167 Å². The largest absolute Gasteiger partial charge is 0.481 e. The number of nitrogens with one attached hydrogen (secondary N) is 14. The van der Waals surface area contributed by atoms with Crippen LogP contribution in [0.2, 0.25) is 0 Å². The number of nitrogens with two attached hydrogens (primary N) is 1. The highest BCUT2D eigenvalue weighted by atomic mass is 33.1. The van der Waals surface area contributed by atoms with E-state index in [1.165, 1.54) is 21.6 Å². The first-order valence-electron chi connectivity index (χ1n) is 37.9. The predicted octanol–water partition coefficient (Wildman–Crippen LogP) is -0.395. The second-order valence-corrected chi connectivity index (χ2v) is 30.1. The fraction of sp³-hybridized carbons (Fsp3) is 0.362. The number of carbonyl (C=O) groups is 18. The van der Waals surface area contributed by atoms with Gasteiger partial charge < -0.3 is 105 Å². The van der Waals surface area contributed by atoms with Crippen LogP contribution in [-0.4, -0.2) is 229 Å². The van der Waals surface area contributed by atoms with Crippen LogP contribution in [0.4, 0.5) is 0 Å². The Labute approximate surface area is 700 Å². The van der Waals surface area contributed by atoms with Crippen molar-refractivity contribution >= 4 is 145 Å². The number of hydrogen-bond acceptors (Lipinski definition) is 21. The minimum Gasteiger partial charge on any atom is -0.481 e. The standard InChI is InChI=1S/C80H95N15O24S2/c81-80(82)84-33-15-25-51-71(111)86-44-62(98)88-56(39-65(103)104)76(116)91-53(36-45-16-5-1-6-17-45)74(114)90-52(73(113)89-51)24-13-14-32-83-72(112)54(37-63(99)100)92-77(117)57(40-66(105)106)94-79(119)59(42-68(109)110)95-78(118)58(41-67(107)108)93-75(115)55(38-64(101)102)87-61(97)31-35-121-120-34-30-60(96)85-43-46-26-28-50(29-27-46)70(49-22-11-4-12-23-49)69(47-18-7-2-8-19-47)48-20-9-3-10-21-48/h1-12,16-23,26-29,51-59H,13-15,24-25,30-44H2,(H,83,112)(H,85,96)(H,86,111)(H,87,97)(H,88,98)(H,89,113)(H,90,114)(H,91,116)(H,92,117)(H,93,115)(H,94,119)(H,95,118)(H,99,100)(H,101,102)(H,103,104)(H,105,106)(H,107,108)(H,109,110)(H4,81,82,84). The average molecular weight is 1710 g/mol. The molecular weight excluding hydrogens is 1620 g/mol. The van der Waals surface area contributed by atoms with Gasteiger partial charge in [0, 0.05) is 50.4 Å². The number of unbranched alkanes of at least 4 members (excludes halogenated alkanes) is 1. The summed E-state index contributed by atoms with van der Waals surface area (Å²) in [5.74, 6) is -24.2. The van der Waals surface area contributed by atoms with Gasteiger partial charge >= 0.3 is 35.8 Å². The van der Waals surface area contributed by atoms with E-state index in [-0.39, 0.29) is 76.1 Å². The van der Waals surface area contributed by atoms with Crippen LogP contribution in [0.5, 0.6) is 0 Å². The molecule has 12 amide bonds. The fourth-order valence-electron chi connectivity index (χ4n) is 12.1. The van der Waals surface area contributed by atoms with Crippen LogP contribution < -0.4 is 74.9 Å². The maximum atomic E-state index is 14.3. The SMILES string of the molecule is N=C(N)NCCCC1NC(=O)C(CCCCNC(=O)C(CC(=O)O)NC(=O)C(CC(=O)O)NC(=O)C(CC(=O)O)NC(=O)C(CC(=O)O)NC(=O)C(CC(=O)O)NC(=O)CCSSCCC(=O)NCc2ccc(C(=C(c3ccccc3)c3ccccc3)c3ccccc3)cc2)NC(=O)C(Cc2ccccc2)NC(=O)C(CC(=O)O)NC(=O)CNC1=O. The summed E-state index contributed by atoms with van der Waals surface area (Å²) >= 11 is 0. The summed E-state index contributed by atoms with van der Waals surface area (Å²) in [5, 5.41) is 95.8. The number of carbonyl (C=O) groups excluding carboxylic acids is 12. The molecule has 1 aliphatic rings. The van der Waals surface area contributed by atoms with Crippen LogP contribution >= 0.6 is 21.6 Å². The second kappa shape index (κ2) is 50.1. The van der Waals surface area contributed by atoms with Crippen molar-refractivity contribution in [3.8, 4) is 0 Å². The highest BCUT2D eigenvalue weighted by Crippen LogP contribution is 2.37. The Kier molecular flexibility index (Phi) is 39.8. The number of benzene rings is 5. The van der Waals surface area contributed by atoms with E-state index < -0.39 is 213 Å². The Morgan fingerprint density at radius 2 is 0.760 bits per heavy atom. The number of guanidine groups is 1. The monoisotopic (exact) mass is 1710 g/mol. The van der Waals surface area contributed by atoms with Crippen molar-refractivity contribution in [1.29, 1.82) is 5.41 Å². The van der Waals surface area contributed by atoms with E-state index in [1.54, 1.807) is 30.3 Å². The molecule has 0 bridgehead atoms. The smallest absolute Gasteiger partial charge is 0.305 e. The average Bonchev–Trinajstić information content (AvgIpc) is 0.831. The lowest BCUT2D eigenvalue weighted by atomic mass is 9.85. The molecule has 0 aromatic heterocycles. The molecule has 6 rings (SSSR count). The van der Waals surface area contributed by atoms with Gasteiger partial charge in [0.2, 0.25) is 70.9 Å². The number of aliphatic carboxylic acids is 6. The van der Waals surface area contributed by atoms with Crippen LogP contribution in [-0.2, 0) is 99.3 Å². The van der Waals surface area contributed by atoms with E-state index in [9.17, 15) is 117 Å². The Morgan fingerprint density at radius 1 is 0.388 bits per heavy atom. The van der Waals surface area contributed by atoms with Crippen LogP contribution in [0.1, 0.15) is 117 Å². The molecule has 9 unspecified atom stereocenters. The van der Waals surface area contributed by atoms with Gasteiger partial charge in [0.1, 0.15) is 54.4 Å². The third-order valence-electron chi connectivity index (χ3n) is 18.0. The van der Waals surface area contributed by atoms with E-state index in [4.69, 9.17) is 11.1 Å². The summed E-state index contributed by atoms with van der Waals surface area (Å²) in [7, 11) is 2.41. The lowest BCUT2D eigenvalue weighted by Crippen LogP contribution is -2.60. The van der Waals surface area contributed by atoms with Gasteiger partial charge in [0.05, 0.1) is 45.1 Å². The Bertz CT molecular complexity index is 4510. The molecule has 41 heteroatoms. The third-order valence-corrected chi connectivity index (χ3v) is 20.4. The topological polar surface area (TPSA) is 635 Å². The molecule has 39 nitrogen and oxygen atoms in total. The maximum absolute atomic E-state index is 14.3. The lowest BCUT2D eigenvalue weighted by Gasteiger charge is -2.26. The molecule has 0 aliphatic carbocycles. The first kappa shape index (κ1) is 96.1. The molecule has 22 N–H and O–H groups in total.